The van der Waals surface area contributed by atoms with Crippen LogP contribution in [0.3, 0.4) is 0 Å². The highest BCUT2D eigenvalue weighted by atomic mass is 32.2. The van der Waals surface area contributed by atoms with Crippen LogP contribution in [0.4, 0.5) is 15.3 Å². The summed E-state index contributed by atoms with van der Waals surface area (Å²) in [6.07, 6.45) is -2.71. The molecule has 2 aromatic carbocycles. The lowest BCUT2D eigenvalue weighted by Gasteiger charge is -2.35. The standard InChI is InChI=1S/C41H58N4O13S/c1-26(46)23-32(35(49)56-39(6,7)8)44(25-33(47)55-38(3,4)5)59(52,53)45(37(51)58-41(12,13)14)24-28-15-21-31(22-16-28)54-34(48)29-17-19-30(20-18-29)42-27(2)43-36(50)57-40(9,10)11/h15-22,32H,23-25H2,1-14H3,(H,42,43,50)/t32-/m0/s1. The third-order valence-electron chi connectivity index (χ3n) is 6.93. The van der Waals surface area contributed by atoms with Gasteiger partial charge < -0.3 is 23.7 Å². The predicted molar refractivity (Wildman–Crippen MR) is 218 cm³/mol. The van der Waals surface area contributed by atoms with Crippen LogP contribution < -0.4 is 10.1 Å². The average Bonchev–Trinajstić information content (AvgIpc) is 3.02. The van der Waals surface area contributed by atoms with E-state index in [4.69, 9.17) is 23.7 Å². The van der Waals surface area contributed by atoms with E-state index in [9.17, 15) is 37.2 Å². The molecule has 1 N–H and O–H groups in total. The van der Waals surface area contributed by atoms with E-state index in [1.165, 1.54) is 57.2 Å². The van der Waals surface area contributed by atoms with Crippen molar-refractivity contribution in [1.82, 2.24) is 13.9 Å². The molecule has 0 radical (unpaired) electrons. The second kappa shape index (κ2) is 19.6. The van der Waals surface area contributed by atoms with Gasteiger partial charge in [-0.2, -0.15) is 17.0 Å². The summed E-state index contributed by atoms with van der Waals surface area (Å²) >= 11 is 0. The highest BCUT2D eigenvalue weighted by Crippen LogP contribution is 2.26. The second-order valence-electron chi connectivity index (χ2n) is 17.5. The Kier molecular flexibility index (Phi) is 16.5. The third-order valence-corrected chi connectivity index (χ3v) is 8.74. The van der Waals surface area contributed by atoms with Crippen molar-refractivity contribution >= 4 is 57.6 Å². The van der Waals surface area contributed by atoms with E-state index in [-0.39, 0.29) is 22.7 Å². The number of Topliss-reactive ketones (excluding diaryl/α,β-unsaturated/α-hetero) is 1. The number of amidine groups is 1. The highest BCUT2D eigenvalue weighted by molar-refractivity contribution is 7.87. The molecule has 2 aromatic rings. The van der Waals surface area contributed by atoms with Crippen LogP contribution in [0.5, 0.6) is 5.75 Å². The van der Waals surface area contributed by atoms with Crippen molar-refractivity contribution < 1.29 is 60.9 Å². The summed E-state index contributed by atoms with van der Waals surface area (Å²) in [5.41, 5.74) is -3.26. The molecule has 0 aliphatic carbocycles. The molecule has 0 saturated carbocycles. The number of carbonyl (C=O) groups is 6. The fourth-order valence-electron chi connectivity index (χ4n) is 4.82. The van der Waals surface area contributed by atoms with Crippen LogP contribution in [0.2, 0.25) is 0 Å². The predicted octanol–water partition coefficient (Wildman–Crippen LogP) is 6.80. The van der Waals surface area contributed by atoms with E-state index >= 15 is 0 Å². The minimum Gasteiger partial charge on any atom is -0.459 e. The van der Waals surface area contributed by atoms with Crippen LogP contribution in [-0.2, 0) is 50.1 Å². The Morgan fingerprint density at radius 3 is 1.68 bits per heavy atom. The molecule has 1 atom stereocenters. The zero-order valence-electron chi connectivity index (χ0n) is 36.4. The SMILES string of the molecule is CC(=O)C[C@@H](C(=O)OC(C)(C)C)N(CC(=O)OC(C)(C)C)S(=O)(=O)N(Cc1ccc(OC(=O)c2ccc(N=C(C)NC(=O)OC(C)(C)C)cc2)cc1)C(=O)OC(C)(C)C. The van der Waals surface area contributed by atoms with Crippen molar-refractivity contribution in [3.05, 3.63) is 59.7 Å². The van der Waals surface area contributed by atoms with Crippen LogP contribution in [0.25, 0.3) is 0 Å². The number of rotatable bonds is 13. The molecule has 2 amide bonds. The van der Waals surface area contributed by atoms with Crippen LogP contribution in [0.15, 0.2) is 53.5 Å². The maximum Gasteiger partial charge on any atom is 0.425 e. The third kappa shape index (κ3) is 18.0. The van der Waals surface area contributed by atoms with Crippen LogP contribution >= 0.6 is 0 Å². The molecule has 2 rings (SSSR count). The first kappa shape index (κ1) is 49.8. The van der Waals surface area contributed by atoms with E-state index in [2.05, 4.69) is 10.3 Å². The average molecular weight is 847 g/mol. The Morgan fingerprint density at radius 1 is 0.695 bits per heavy atom. The zero-order chi connectivity index (χ0) is 45.3. The van der Waals surface area contributed by atoms with E-state index in [0.717, 1.165) is 6.92 Å². The van der Waals surface area contributed by atoms with E-state index < -0.39 is 94.0 Å². The summed E-state index contributed by atoms with van der Waals surface area (Å²) in [6.45, 7) is 20.0. The van der Waals surface area contributed by atoms with Gasteiger partial charge in [-0.3, -0.25) is 19.7 Å². The largest absolute Gasteiger partial charge is 0.459 e. The lowest BCUT2D eigenvalue weighted by molar-refractivity contribution is -0.163. The van der Waals surface area contributed by atoms with Gasteiger partial charge in [0.25, 0.3) is 0 Å². The van der Waals surface area contributed by atoms with Crippen molar-refractivity contribution in [2.24, 2.45) is 4.99 Å². The molecular weight excluding hydrogens is 789 g/mol. The van der Waals surface area contributed by atoms with Gasteiger partial charge in [0.1, 0.15) is 52.4 Å². The molecular formula is C41H58N4O13S. The number of alkyl carbamates (subject to hydrolysis) is 1. The van der Waals surface area contributed by atoms with Crippen LogP contribution in [0.1, 0.15) is 119 Å². The maximum absolute atomic E-state index is 14.6. The summed E-state index contributed by atoms with van der Waals surface area (Å²) in [5, 5.41) is 2.52. The molecule has 0 bridgehead atoms. The molecule has 0 unspecified atom stereocenters. The van der Waals surface area contributed by atoms with Gasteiger partial charge in [-0.15, -0.1) is 0 Å². The molecule has 17 nitrogen and oxygen atoms in total. The van der Waals surface area contributed by atoms with Gasteiger partial charge in [-0.1, -0.05) is 12.1 Å². The number of carbonyl (C=O) groups excluding carboxylic acids is 6. The van der Waals surface area contributed by atoms with Gasteiger partial charge in [0.2, 0.25) is 0 Å². The number of aliphatic imine (C=N–C) groups is 1. The highest BCUT2D eigenvalue weighted by Gasteiger charge is 2.45. The summed E-state index contributed by atoms with van der Waals surface area (Å²) in [4.78, 5) is 82.2. The molecule has 0 saturated heterocycles. The lowest BCUT2D eigenvalue weighted by Crippen LogP contribution is -2.56. The molecule has 0 heterocycles. The molecule has 18 heteroatoms. The molecule has 59 heavy (non-hydrogen) atoms. The number of hydrogen-bond donors (Lipinski definition) is 1. The number of amides is 2. The summed E-state index contributed by atoms with van der Waals surface area (Å²) in [5.74, 6) is -3.20. The molecule has 0 aliphatic heterocycles. The number of ketones is 1. The van der Waals surface area contributed by atoms with E-state index in [0.29, 0.717) is 14.3 Å². The molecule has 0 aromatic heterocycles. The van der Waals surface area contributed by atoms with Gasteiger partial charge in [0, 0.05) is 6.42 Å². The Labute approximate surface area is 346 Å². The number of nitrogens with zero attached hydrogens (tertiary/aromatic N) is 3. The van der Waals surface area contributed by atoms with Gasteiger partial charge >= 0.3 is 40.3 Å². The van der Waals surface area contributed by atoms with E-state index in [1.54, 1.807) is 81.4 Å². The van der Waals surface area contributed by atoms with Crippen LogP contribution in [0, 0.1) is 0 Å². The number of benzene rings is 2. The summed E-state index contributed by atoms with van der Waals surface area (Å²) < 4.78 is 57.0. The van der Waals surface area contributed by atoms with Crippen molar-refractivity contribution in [2.75, 3.05) is 6.54 Å². The van der Waals surface area contributed by atoms with Crippen molar-refractivity contribution in [3.8, 4) is 5.75 Å². The second-order valence-corrected chi connectivity index (χ2v) is 19.3. The monoisotopic (exact) mass is 846 g/mol. The number of esters is 3. The Hall–Kier alpha value is -5.36. The Morgan fingerprint density at radius 2 is 1.20 bits per heavy atom. The minimum absolute atomic E-state index is 0.0722. The fraction of sp³-hybridized carbons (Fsp3) is 0.537. The lowest BCUT2D eigenvalue weighted by atomic mass is 10.1. The van der Waals surface area contributed by atoms with Crippen molar-refractivity contribution in [2.45, 2.75) is 138 Å². The quantitative estimate of drug-likeness (QED) is 0.0723. The van der Waals surface area contributed by atoms with Gasteiger partial charge in [0.05, 0.1) is 17.8 Å². The molecule has 0 fully saturated rings. The maximum atomic E-state index is 14.6. The summed E-state index contributed by atoms with van der Waals surface area (Å²) in [6, 6.07) is 9.68. The van der Waals surface area contributed by atoms with Gasteiger partial charge in [-0.25, -0.2) is 19.4 Å². The molecule has 0 aliphatic rings. The molecule has 0 spiro atoms. The first-order chi connectivity index (χ1) is 26.7. The van der Waals surface area contributed by atoms with Crippen molar-refractivity contribution in [1.29, 1.82) is 0 Å². The number of hydrogen-bond acceptors (Lipinski definition) is 14. The first-order valence-corrected chi connectivity index (χ1v) is 20.1. The normalized spacial score (nSPS) is 13.2. The first-order valence-electron chi connectivity index (χ1n) is 18.7. The van der Waals surface area contributed by atoms with E-state index in [1.807, 2.05) is 0 Å². The van der Waals surface area contributed by atoms with Gasteiger partial charge in [-0.05, 0) is 139 Å². The number of ether oxygens (including phenoxy) is 5. The smallest absolute Gasteiger partial charge is 0.425 e. The molecule has 326 valence electrons. The van der Waals surface area contributed by atoms with Crippen LogP contribution in [-0.4, -0.2) is 93.7 Å². The number of nitrogens with one attached hydrogen (secondary N) is 1. The summed E-state index contributed by atoms with van der Waals surface area (Å²) in [7, 11) is -5.20. The zero-order valence-corrected chi connectivity index (χ0v) is 37.2. The minimum atomic E-state index is -5.20. The topological polar surface area (TPSA) is 214 Å². The van der Waals surface area contributed by atoms with Gasteiger partial charge in [0.15, 0.2) is 0 Å². The Bertz CT molecular complexity index is 1980. The van der Waals surface area contributed by atoms with Crippen molar-refractivity contribution in [3.63, 3.8) is 0 Å². The Balaban J connectivity index is 2.47. The fourth-order valence-corrected chi connectivity index (χ4v) is 6.36.